The molecule has 3 aliphatic rings. The largest absolute Gasteiger partial charge is 0.353 e. The van der Waals surface area contributed by atoms with Crippen LogP contribution in [-0.4, -0.2) is 42.5 Å². The molecule has 4 atom stereocenters. The van der Waals surface area contributed by atoms with Crippen molar-refractivity contribution in [2.45, 2.75) is 58.0 Å². The summed E-state index contributed by atoms with van der Waals surface area (Å²) in [7, 11) is 0. The number of fused-ring (bicyclic) bond motifs is 2. The van der Waals surface area contributed by atoms with Crippen LogP contribution in [0.15, 0.2) is 0 Å². The minimum atomic E-state index is 0.0949. The molecule has 4 heteroatoms. The SMILES string of the molecule is CC(C)CN1CCC(NC(=O)C2C3CCC(C3)C2N)CC1. The molecule has 3 N–H and O–H groups in total. The summed E-state index contributed by atoms with van der Waals surface area (Å²) in [6.45, 7) is 7.95. The molecule has 120 valence electrons. The first-order chi connectivity index (χ1) is 10.0. The van der Waals surface area contributed by atoms with Crippen LogP contribution in [0.1, 0.15) is 46.0 Å². The van der Waals surface area contributed by atoms with Crippen LogP contribution >= 0.6 is 0 Å². The monoisotopic (exact) mass is 293 g/mol. The van der Waals surface area contributed by atoms with Gasteiger partial charge in [0.1, 0.15) is 0 Å². The van der Waals surface area contributed by atoms with Crippen LogP contribution in [0.4, 0.5) is 0 Å². The number of nitrogens with two attached hydrogens (primary N) is 1. The van der Waals surface area contributed by atoms with Gasteiger partial charge in [0.15, 0.2) is 0 Å². The Bertz CT molecular complexity index is 374. The standard InChI is InChI=1S/C17H31N3O/c1-11(2)10-20-7-5-14(6-8-20)19-17(21)15-12-3-4-13(9-12)16(15)18/h11-16H,3-10,18H2,1-2H3,(H,19,21). The first-order valence-electron chi connectivity index (χ1n) is 8.83. The zero-order chi connectivity index (χ0) is 15.0. The molecule has 0 aromatic rings. The van der Waals surface area contributed by atoms with E-state index in [4.69, 9.17) is 5.73 Å². The smallest absolute Gasteiger partial charge is 0.225 e. The molecule has 0 spiro atoms. The van der Waals surface area contributed by atoms with Crippen LogP contribution in [0.25, 0.3) is 0 Å². The Kier molecular flexibility index (Phi) is 4.55. The molecular formula is C17H31N3O. The summed E-state index contributed by atoms with van der Waals surface area (Å²) < 4.78 is 0. The lowest BCUT2D eigenvalue weighted by molar-refractivity contribution is -0.128. The van der Waals surface area contributed by atoms with Gasteiger partial charge in [-0.05, 0) is 49.9 Å². The minimum Gasteiger partial charge on any atom is -0.353 e. The fourth-order valence-electron chi connectivity index (χ4n) is 4.80. The quantitative estimate of drug-likeness (QED) is 0.828. The van der Waals surface area contributed by atoms with Crippen LogP contribution < -0.4 is 11.1 Å². The third kappa shape index (κ3) is 3.26. The average Bonchev–Trinajstić information content (AvgIpc) is 3.01. The second-order valence-electron chi connectivity index (χ2n) is 7.91. The molecule has 1 heterocycles. The maximum absolute atomic E-state index is 12.6. The number of carbonyl (C=O) groups excluding carboxylic acids is 1. The van der Waals surface area contributed by atoms with Crippen molar-refractivity contribution in [3.8, 4) is 0 Å². The minimum absolute atomic E-state index is 0.0949. The Morgan fingerprint density at radius 3 is 2.43 bits per heavy atom. The second-order valence-corrected chi connectivity index (χ2v) is 7.91. The van der Waals surface area contributed by atoms with E-state index in [2.05, 4.69) is 24.1 Å². The van der Waals surface area contributed by atoms with Crippen molar-refractivity contribution in [3.05, 3.63) is 0 Å². The number of amides is 1. The molecule has 4 nitrogen and oxygen atoms in total. The summed E-state index contributed by atoms with van der Waals surface area (Å²) in [6, 6.07) is 0.483. The lowest BCUT2D eigenvalue weighted by Gasteiger charge is -2.35. The summed E-state index contributed by atoms with van der Waals surface area (Å²) in [5, 5.41) is 3.30. The summed E-state index contributed by atoms with van der Waals surface area (Å²) in [5.41, 5.74) is 6.28. The number of piperidine rings is 1. The predicted octanol–water partition coefficient (Wildman–Crippen LogP) is 1.60. The predicted molar refractivity (Wildman–Crippen MR) is 84.7 cm³/mol. The van der Waals surface area contributed by atoms with Gasteiger partial charge >= 0.3 is 0 Å². The van der Waals surface area contributed by atoms with E-state index in [1.54, 1.807) is 0 Å². The molecule has 1 aliphatic heterocycles. The molecule has 3 fully saturated rings. The van der Waals surface area contributed by atoms with Crippen molar-refractivity contribution in [1.82, 2.24) is 10.2 Å². The van der Waals surface area contributed by atoms with Gasteiger partial charge in [-0.3, -0.25) is 4.79 Å². The molecule has 4 unspecified atom stereocenters. The number of hydrogen-bond donors (Lipinski definition) is 2. The second kappa shape index (κ2) is 6.25. The highest BCUT2D eigenvalue weighted by atomic mass is 16.2. The summed E-state index contributed by atoms with van der Waals surface area (Å²) >= 11 is 0. The van der Waals surface area contributed by atoms with Crippen LogP contribution in [-0.2, 0) is 4.79 Å². The van der Waals surface area contributed by atoms with Gasteiger partial charge < -0.3 is 16.0 Å². The number of nitrogens with zero attached hydrogens (tertiary/aromatic N) is 1. The number of carbonyl (C=O) groups is 1. The first kappa shape index (κ1) is 15.3. The third-order valence-corrected chi connectivity index (χ3v) is 5.84. The van der Waals surface area contributed by atoms with E-state index >= 15 is 0 Å². The Hall–Kier alpha value is -0.610. The molecule has 0 aromatic carbocycles. The molecule has 2 aliphatic carbocycles. The van der Waals surface area contributed by atoms with Crippen molar-refractivity contribution in [2.75, 3.05) is 19.6 Å². The number of likely N-dealkylation sites (tertiary alicyclic amines) is 1. The normalized spacial score (nSPS) is 37.3. The zero-order valence-corrected chi connectivity index (χ0v) is 13.6. The molecular weight excluding hydrogens is 262 g/mol. The fraction of sp³-hybridized carbons (Fsp3) is 0.941. The highest BCUT2D eigenvalue weighted by Gasteiger charge is 2.49. The van der Waals surface area contributed by atoms with Gasteiger partial charge in [-0.1, -0.05) is 13.8 Å². The van der Waals surface area contributed by atoms with Crippen LogP contribution in [0.5, 0.6) is 0 Å². The lowest BCUT2D eigenvalue weighted by Crippen LogP contribution is -2.51. The van der Waals surface area contributed by atoms with E-state index in [-0.39, 0.29) is 17.9 Å². The summed E-state index contributed by atoms with van der Waals surface area (Å²) in [4.78, 5) is 15.1. The molecule has 2 bridgehead atoms. The van der Waals surface area contributed by atoms with Gasteiger partial charge in [-0.15, -0.1) is 0 Å². The van der Waals surface area contributed by atoms with Gasteiger partial charge in [0.05, 0.1) is 5.92 Å². The fourth-order valence-corrected chi connectivity index (χ4v) is 4.80. The van der Waals surface area contributed by atoms with Crippen molar-refractivity contribution in [3.63, 3.8) is 0 Å². The number of nitrogens with one attached hydrogen (secondary N) is 1. The maximum Gasteiger partial charge on any atom is 0.225 e. The van der Waals surface area contributed by atoms with Gasteiger partial charge in [0.25, 0.3) is 0 Å². The van der Waals surface area contributed by atoms with E-state index in [1.165, 1.54) is 25.8 Å². The number of rotatable bonds is 4. The molecule has 0 radical (unpaired) electrons. The topological polar surface area (TPSA) is 58.4 Å². The molecule has 0 aromatic heterocycles. The van der Waals surface area contributed by atoms with Crippen LogP contribution in [0.2, 0.25) is 0 Å². The van der Waals surface area contributed by atoms with Crippen LogP contribution in [0.3, 0.4) is 0 Å². The molecule has 21 heavy (non-hydrogen) atoms. The Morgan fingerprint density at radius 2 is 1.86 bits per heavy atom. The summed E-state index contributed by atoms with van der Waals surface area (Å²) in [6.07, 6.45) is 5.82. The van der Waals surface area contributed by atoms with E-state index in [0.29, 0.717) is 17.9 Å². The number of hydrogen-bond acceptors (Lipinski definition) is 3. The van der Waals surface area contributed by atoms with Crippen molar-refractivity contribution >= 4 is 5.91 Å². The Balaban J connectivity index is 1.46. The Labute approximate surface area is 128 Å². The molecule has 3 rings (SSSR count). The molecule has 1 saturated heterocycles. The van der Waals surface area contributed by atoms with Gasteiger partial charge in [0, 0.05) is 31.7 Å². The van der Waals surface area contributed by atoms with E-state index in [1.807, 2.05) is 0 Å². The van der Waals surface area contributed by atoms with Gasteiger partial charge in [-0.25, -0.2) is 0 Å². The van der Waals surface area contributed by atoms with E-state index < -0.39 is 0 Å². The highest BCUT2D eigenvalue weighted by Crippen LogP contribution is 2.47. The highest BCUT2D eigenvalue weighted by molar-refractivity contribution is 5.80. The zero-order valence-electron chi connectivity index (χ0n) is 13.6. The maximum atomic E-state index is 12.6. The Morgan fingerprint density at radius 1 is 1.19 bits per heavy atom. The van der Waals surface area contributed by atoms with E-state index in [0.717, 1.165) is 31.8 Å². The lowest BCUT2D eigenvalue weighted by atomic mass is 9.84. The van der Waals surface area contributed by atoms with Gasteiger partial charge in [0.2, 0.25) is 5.91 Å². The average molecular weight is 293 g/mol. The van der Waals surface area contributed by atoms with E-state index in [9.17, 15) is 4.79 Å². The summed E-state index contributed by atoms with van der Waals surface area (Å²) in [5.74, 6) is 2.24. The van der Waals surface area contributed by atoms with Crippen molar-refractivity contribution < 1.29 is 4.79 Å². The molecule has 2 saturated carbocycles. The third-order valence-electron chi connectivity index (χ3n) is 5.84. The van der Waals surface area contributed by atoms with Crippen LogP contribution in [0, 0.1) is 23.7 Å². The van der Waals surface area contributed by atoms with Gasteiger partial charge in [-0.2, -0.15) is 0 Å². The molecule has 1 amide bonds. The van der Waals surface area contributed by atoms with Crippen molar-refractivity contribution in [2.24, 2.45) is 29.4 Å². The van der Waals surface area contributed by atoms with Crippen molar-refractivity contribution in [1.29, 1.82) is 0 Å². The first-order valence-corrected chi connectivity index (χ1v) is 8.83.